The van der Waals surface area contributed by atoms with E-state index in [0.717, 1.165) is 18.4 Å². The van der Waals surface area contributed by atoms with Crippen LogP contribution in [0, 0.1) is 6.92 Å². The molecule has 0 unspecified atom stereocenters. The van der Waals surface area contributed by atoms with Crippen molar-refractivity contribution >= 4 is 35.1 Å². The van der Waals surface area contributed by atoms with E-state index in [2.05, 4.69) is 10.6 Å². The summed E-state index contributed by atoms with van der Waals surface area (Å²) in [6.45, 7) is 3.81. The molecule has 2 amide bonds. The molecule has 0 aromatic heterocycles. The van der Waals surface area contributed by atoms with Gasteiger partial charge >= 0.3 is 11.9 Å². The molecule has 0 radical (unpaired) electrons. The number of anilines is 2. The fraction of sp³-hybridized carbons (Fsp3) is 0.333. The second-order valence-corrected chi connectivity index (χ2v) is 7.20. The van der Waals surface area contributed by atoms with Gasteiger partial charge in [-0.1, -0.05) is 31.5 Å². The molecule has 0 bridgehead atoms. The Morgan fingerprint density at radius 1 is 0.844 bits per heavy atom. The van der Waals surface area contributed by atoms with Crippen molar-refractivity contribution in [1.82, 2.24) is 0 Å². The summed E-state index contributed by atoms with van der Waals surface area (Å²) < 4.78 is 10.1. The molecule has 0 atom stereocenters. The maximum absolute atomic E-state index is 12.1. The summed E-state index contributed by atoms with van der Waals surface area (Å²) in [4.78, 5) is 47.8. The van der Waals surface area contributed by atoms with E-state index >= 15 is 0 Å². The number of unbranched alkanes of at least 4 members (excludes halogenated alkanes) is 1. The summed E-state index contributed by atoms with van der Waals surface area (Å²) in [6.07, 6.45) is 1.40. The molecule has 0 aliphatic rings. The van der Waals surface area contributed by atoms with E-state index in [1.54, 1.807) is 36.4 Å². The van der Waals surface area contributed by atoms with Crippen LogP contribution in [0.15, 0.2) is 48.5 Å². The molecule has 32 heavy (non-hydrogen) atoms. The van der Waals surface area contributed by atoms with Crippen molar-refractivity contribution in [1.29, 1.82) is 0 Å². The fourth-order valence-corrected chi connectivity index (χ4v) is 2.69. The highest BCUT2D eigenvalue weighted by Gasteiger charge is 2.12. The Labute approximate surface area is 187 Å². The summed E-state index contributed by atoms with van der Waals surface area (Å²) in [7, 11) is 0. The van der Waals surface area contributed by atoms with Crippen LogP contribution in [0.2, 0.25) is 0 Å². The first kappa shape index (κ1) is 24.6. The first-order chi connectivity index (χ1) is 15.4. The molecule has 8 heteroatoms. The van der Waals surface area contributed by atoms with Crippen molar-refractivity contribution in [2.45, 2.75) is 39.5 Å². The first-order valence-corrected chi connectivity index (χ1v) is 10.5. The third kappa shape index (κ3) is 8.99. The number of hydrogen-bond acceptors (Lipinski definition) is 6. The molecule has 170 valence electrons. The van der Waals surface area contributed by atoms with E-state index in [0.29, 0.717) is 23.5 Å². The van der Waals surface area contributed by atoms with Crippen LogP contribution in [0.4, 0.5) is 11.4 Å². The topological polar surface area (TPSA) is 111 Å². The molecule has 2 N–H and O–H groups in total. The van der Waals surface area contributed by atoms with Gasteiger partial charge in [-0.25, -0.2) is 4.79 Å². The SMILES string of the molecule is CCCCOC(=O)c1cccc(NC(=O)CCC(=O)OCC(=O)Nc2cccc(C)c2)c1. The van der Waals surface area contributed by atoms with Crippen molar-refractivity contribution in [3.8, 4) is 0 Å². The van der Waals surface area contributed by atoms with Crippen LogP contribution >= 0.6 is 0 Å². The first-order valence-electron chi connectivity index (χ1n) is 10.5. The molecule has 0 spiro atoms. The van der Waals surface area contributed by atoms with Gasteiger partial charge in [0, 0.05) is 17.8 Å². The second-order valence-electron chi connectivity index (χ2n) is 7.20. The van der Waals surface area contributed by atoms with E-state index < -0.39 is 30.4 Å². The van der Waals surface area contributed by atoms with Crippen LogP contribution in [0.1, 0.15) is 48.5 Å². The van der Waals surface area contributed by atoms with Gasteiger partial charge in [0.05, 0.1) is 18.6 Å². The third-order valence-electron chi connectivity index (χ3n) is 4.34. The summed E-state index contributed by atoms with van der Waals surface area (Å²) >= 11 is 0. The van der Waals surface area contributed by atoms with E-state index in [1.807, 2.05) is 19.9 Å². The van der Waals surface area contributed by atoms with E-state index in [4.69, 9.17) is 9.47 Å². The molecule has 2 aromatic rings. The monoisotopic (exact) mass is 440 g/mol. The molecule has 2 rings (SSSR count). The molecular formula is C24H28N2O6. The molecule has 0 fully saturated rings. The molecule has 8 nitrogen and oxygen atoms in total. The zero-order valence-electron chi connectivity index (χ0n) is 18.3. The average Bonchev–Trinajstić information content (AvgIpc) is 2.76. The molecular weight excluding hydrogens is 412 g/mol. The third-order valence-corrected chi connectivity index (χ3v) is 4.34. The number of ether oxygens (including phenoxy) is 2. The number of rotatable bonds is 11. The van der Waals surface area contributed by atoms with Gasteiger partial charge in [0.1, 0.15) is 0 Å². The highest BCUT2D eigenvalue weighted by Crippen LogP contribution is 2.13. The van der Waals surface area contributed by atoms with Gasteiger partial charge in [-0.3, -0.25) is 14.4 Å². The van der Waals surface area contributed by atoms with Gasteiger partial charge in [0.15, 0.2) is 6.61 Å². The molecule has 0 aliphatic carbocycles. The Kier molecular flexibility index (Phi) is 9.90. The van der Waals surface area contributed by atoms with Gasteiger partial charge in [0.2, 0.25) is 5.91 Å². The fourth-order valence-electron chi connectivity index (χ4n) is 2.69. The van der Waals surface area contributed by atoms with E-state index in [1.165, 1.54) is 6.07 Å². The van der Waals surface area contributed by atoms with Crippen LogP contribution in [-0.4, -0.2) is 37.0 Å². The lowest BCUT2D eigenvalue weighted by molar-refractivity contribution is -0.147. The summed E-state index contributed by atoms with van der Waals surface area (Å²) in [6, 6.07) is 13.6. The van der Waals surface area contributed by atoms with Crippen LogP contribution in [0.3, 0.4) is 0 Å². The average molecular weight is 440 g/mol. The Morgan fingerprint density at radius 2 is 1.53 bits per heavy atom. The number of hydrogen-bond donors (Lipinski definition) is 2. The smallest absolute Gasteiger partial charge is 0.338 e. The Balaban J connectivity index is 1.72. The van der Waals surface area contributed by atoms with Gasteiger partial charge in [-0.15, -0.1) is 0 Å². The number of benzene rings is 2. The number of aryl methyl sites for hydroxylation is 1. The Morgan fingerprint density at radius 3 is 2.25 bits per heavy atom. The molecule has 0 aliphatic heterocycles. The summed E-state index contributed by atoms with van der Waals surface area (Å²) in [5, 5.41) is 5.26. The quantitative estimate of drug-likeness (QED) is 0.406. The molecule has 0 saturated heterocycles. The van der Waals surface area contributed by atoms with Crippen molar-refractivity contribution in [3.05, 3.63) is 59.7 Å². The van der Waals surface area contributed by atoms with Crippen LogP contribution < -0.4 is 10.6 Å². The van der Waals surface area contributed by atoms with Crippen molar-refractivity contribution in [3.63, 3.8) is 0 Å². The number of nitrogens with one attached hydrogen (secondary N) is 2. The van der Waals surface area contributed by atoms with Gasteiger partial charge in [-0.05, 0) is 49.2 Å². The zero-order valence-corrected chi connectivity index (χ0v) is 18.3. The Bertz CT molecular complexity index is 957. The standard InChI is InChI=1S/C24H28N2O6/c1-3-4-13-31-24(30)18-8-6-10-20(15-18)25-21(27)11-12-23(29)32-16-22(28)26-19-9-5-7-17(2)14-19/h5-10,14-15H,3-4,11-13,16H2,1-2H3,(H,25,27)(H,26,28). The van der Waals surface area contributed by atoms with E-state index in [-0.39, 0.29) is 12.8 Å². The maximum Gasteiger partial charge on any atom is 0.338 e. The lowest BCUT2D eigenvalue weighted by atomic mass is 10.2. The number of carbonyl (C=O) groups is 4. The van der Waals surface area contributed by atoms with E-state index in [9.17, 15) is 19.2 Å². The highest BCUT2D eigenvalue weighted by atomic mass is 16.5. The summed E-state index contributed by atoms with van der Waals surface area (Å²) in [5.41, 5.74) is 2.36. The minimum Gasteiger partial charge on any atom is -0.462 e. The number of carbonyl (C=O) groups excluding carboxylic acids is 4. The lowest BCUT2D eigenvalue weighted by Crippen LogP contribution is -2.21. The molecule has 0 heterocycles. The highest BCUT2D eigenvalue weighted by molar-refractivity contribution is 5.96. The predicted octanol–water partition coefficient (Wildman–Crippen LogP) is 3.85. The molecule has 0 saturated carbocycles. The van der Waals surface area contributed by atoms with Gasteiger partial charge in [0.25, 0.3) is 5.91 Å². The Hall–Kier alpha value is -3.68. The number of esters is 2. The second kappa shape index (κ2) is 12.9. The predicted molar refractivity (Wildman–Crippen MR) is 120 cm³/mol. The lowest BCUT2D eigenvalue weighted by Gasteiger charge is -2.09. The number of amides is 2. The summed E-state index contributed by atoms with van der Waals surface area (Å²) in [5.74, 6) is -1.99. The minimum absolute atomic E-state index is 0.122. The van der Waals surface area contributed by atoms with Gasteiger partial charge < -0.3 is 20.1 Å². The van der Waals surface area contributed by atoms with Crippen LogP contribution in [0.5, 0.6) is 0 Å². The molecule has 2 aromatic carbocycles. The van der Waals surface area contributed by atoms with Crippen LogP contribution in [0.25, 0.3) is 0 Å². The normalized spacial score (nSPS) is 10.2. The zero-order chi connectivity index (χ0) is 23.3. The maximum atomic E-state index is 12.1. The van der Waals surface area contributed by atoms with Crippen molar-refractivity contribution in [2.75, 3.05) is 23.8 Å². The van der Waals surface area contributed by atoms with Crippen LogP contribution in [-0.2, 0) is 23.9 Å². The van der Waals surface area contributed by atoms with Crippen molar-refractivity contribution in [2.24, 2.45) is 0 Å². The van der Waals surface area contributed by atoms with Crippen molar-refractivity contribution < 1.29 is 28.7 Å². The largest absolute Gasteiger partial charge is 0.462 e. The minimum atomic E-state index is -0.659. The van der Waals surface area contributed by atoms with Gasteiger partial charge in [-0.2, -0.15) is 0 Å².